The highest BCUT2D eigenvalue weighted by Gasteiger charge is 2.03. The number of unbranched alkanes of at least 4 members (excludes halogenated alkanes) is 1. The van der Waals surface area contributed by atoms with Crippen molar-refractivity contribution in [3.8, 4) is 0 Å². The fourth-order valence-corrected chi connectivity index (χ4v) is 0.948. The van der Waals surface area contributed by atoms with Crippen molar-refractivity contribution in [2.75, 3.05) is 47.9 Å². The maximum Gasteiger partial charge on any atom is 0.0431 e. The lowest BCUT2D eigenvalue weighted by Crippen LogP contribution is -2.34. The Morgan fingerprint density at radius 1 is 1.13 bits per heavy atom. The summed E-state index contributed by atoms with van der Waals surface area (Å²) in [7, 11) is 8.41. The molecule has 1 atom stereocenters. The molecule has 0 rings (SSSR count). The van der Waals surface area contributed by atoms with Crippen molar-refractivity contribution in [1.82, 2.24) is 9.80 Å². The third-order valence-corrected chi connectivity index (χ3v) is 2.12. The molecule has 0 aromatic carbocycles. The van der Waals surface area contributed by atoms with E-state index in [0.717, 1.165) is 19.4 Å². The first-order valence-corrected chi connectivity index (χ1v) is 5.57. The second kappa shape index (κ2) is 11.9. The van der Waals surface area contributed by atoms with Crippen molar-refractivity contribution in [2.24, 2.45) is 5.73 Å². The van der Waals surface area contributed by atoms with Crippen LogP contribution in [-0.2, 0) is 0 Å². The van der Waals surface area contributed by atoms with Gasteiger partial charge in [-0.2, -0.15) is 0 Å². The predicted octanol–water partition coefficient (Wildman–Crippen LogP) is 0.216. The van der Waals surface area contributed by atoms with Gasteiger partial charge >= 0.3 is 0 Å². The molecule has 94 valence electrons. The second-order valence-electron chi connectivity index (χ2n) is 4.29. The van der Waals surface area contributed by atoms with Gasteiger partial charge in [-0.25, -0.2) is 0 Å². The van der Waals surface area contributed by atoms with Crippen LogP contribution in [0.25, 0.3) is 0 Å². The van der Waals surface area contributed by atoms with E-state index in [1.54, 1.807) is 0 Å². The Bertz CT molecular complexity index is 114. The molecule has 0 spiro atoms. The second-order valence-corrected chi connectivity index (χ2v) is 4.29. The van der Waals surface area contributed by atoms with Crippen LogP contribution < -0.4 is 5.73 Å². The van der Waals surface area contributed by atoms with E-state index in [1.807, 2.05) is 0 Å². The molecule has 0 aromatic rings. The third kappa shape index (κ3) is 16.5. The number of aliphatic hydroxyl groups is 1. The van der Waals surface area contributed by atoms with Gasteiger partial charge in [-0.1, -0.05) is 0 Å². The van der Waals surface area contributed by atoms with E-state index < -0.39 is 0 Å². The number of hydrogen-bond acceptors (Lipinski definition) is 4. The predicted molar refractivity (Wildman–Crippen MR) is 67.1 cm³/mol. The van der Waals surface area contributed by atoms with Gasteiger partial charge in [0.1, 0.15) is 0 Å². The lowest BCUT2D eigenvalue weighted by atomic mass is 10.3. The first-order chi connectivity index (χ1) is 6.95. The smallest absolute Gasteiger partial charge is 0.0431 e. The fraction of sp³-hybridized carbons (Fsp3) is 1.00. The highest BCUT2D eigenvalue weighted by molar-refractivity contribution is 4.61. The standard InChI is InChI=1S/C7H18N2.C4H11NO/c1-7(9(4)5)6-8(2)3;5-3-1-2-4-6/h7H,6H2,1-5H3;6H,1-5H2. The Morgan fingerprint density at radius 2 is 1.67 bits per heavy atom. The molecule has 0 saturated heterocycles. The van der Waals surface area contributed by atoms with E-state index >= 15 is 0 Å². The number of hydrogen-bond donors (Lipinski definition) is 2. The average Bonchev–Trinajstić information content (AvgIpc) is 2.14. The minimum absolute atomic E-state index is 0.275. The van der Waals surface area contributed by atoms with E-state index in [-0.39, 0.29) is 6.61 Å². The summed E-state index contributed by atoms with van der Waals surface area (Å²) in [5.41, 5.74) is 5.10. The molecular weight excluding hydrogens is 190 g/mol. The van der Waals surface area contributed by atoms with Crippen LogP contribution in [0.15, 0.2) is 0 Å². The fourth-order valence-electron chi connectivity index (χ4n) is 0.948. The first kappa shape index (κ1) is 17.2. The Labute approximate surface area is 95.0 Å². The van der Waals surface area contributed by atoms with Crippen LogP contribution in [0.2, 0.25) is 0 Å². The van der Waals surface area contributed by atoms with E-state index in [1.165, 1.54) is 0 Å². The van der Waals surface area contributed by atoms with Gasteiger partial charge in [0.25, 0.3) is 0 Å². The van der Waals surface area contributed by atoms with Crippen molar-refractivity contribution in [2.45, 2.75) is 25.8 Å². The Kier molecular flexibility index (Phi) is 13.7. The van der Waals surface area contributed by atoms with E-state index in [9.17, 15) is 0 Å². The zero-order valence-electron chi connectivity index (χ0n) is 11.0. The highest BCUT2D eigenvalue weighted by Crippen LogP contribution is 1.91. The summed E-state index contributed by atoms with van der Waals surface area (Å²) in [6.45, 7) is 4.32. The quantitative estimate of drug-likeness (QED) is 0.627. The summed E-state index contributed by atoms with van der Waals surface area (Å²) in [6, 6.07) is 0.653. The van der Waals surface area contributed by atoms with Crippen LogP contribution >= 0.6 is 0 Å². The van der Waals surface area contributed by atoms with Gasteiger partial charge in [0.05, 0.1) is 0 Å². The summed E-state index contributed by atoms with van der Waals surface area (Å²) in [5.74, 6) is 0. The summed E-state index contributed by atoms with van der Waals surface area (Å²) < 4.78 is 0. The van der Waals surface area contributed by atoms with Gasteiger partial charge < -0.3 is 20.6 Å². The summed E-state index contributed by atoms with van der Waals surface area (Å²) >= 11 is 0. The molecule has 0 heterocycles. The van der Waals surface area contributed by atoms with Crippen molar-refractivity contribution in [1.29, 1.82) is 0 Å². The highest BCUT2D eigenvalue weighted by atomic mass is 16.2. The lowest BCUT2D eigenvalue weighted by molar-refractivity contribution is 0.244. The molecule has 0 aliphatic carbocycles. The topological polar surface area (TPSA) is 52.7 Å². The Morgan fingerprint density at radius 3 is 1.80 bits per heavy atom. The Hall–Kier alpha value is -0.160. The molecule has 0 amide bonds. The van der Waals surface area contributed by atoms with Crippen molar-refractivity contribution < 1.29 is 5.11 Å². The summed E-state index contributed by atoms with van der Waals surface area (Å²) in [4.78, 5) is 4.42. The Balaban J connectivity index is 0. The SMILES string of the molecule is CC(CN(C)C)N(C)C.NCCCCO. The monoisotopic (exact) mass is 219 g/mol. The maximum atomic E-state index is 8.14. The van der Waals surface area contributed by atoms with Gasteiger partial charge in [-0.05, 0) is 54.5 Å². The molecule has 1 unspecified atom stereocenters. The van der Waals surface area contributed by atoms with Crippen molar-refractivity contribution >= 4 is 0 Å². The molecule has 0 aliphatic rings. The molecule has 0 radical (unpaired) electrons. The zero-order valence-corrected chi connectivity index (χ0v) is 11.0. The third-order valence-electron chi connectivity index (χ3n) is 2.12. The molecular formula is C11H29N3O. The average molecular weight is 219 g/mol. The molecule has 3 N–H and O–H groups in total. The number of nitrogens with two attached hydrogens (primary N) is 1. The van der Waals surface area contributed by atoms with Gasteiger partial charge in [-0.15, -0.1) is 0 Å². The largest absolute Gasteiger partial charge is 0.396 e. The molecule has 0 fully saturated rings. The summed E-state index contributed by atoms with van der Waals surface area (Å²) in [6.07, 6.45) is 1.78. The molecule has 0 aromatic heterocycles. The molecule has 4 heteroatoms. The van der Waals surface area contributed by atoms with Crippen LogP contribution in [-0.4, -0.2) is 68.8 Å². The normalized spacial score (nSPS) is 12.6. The van der Waals surface area contributed by atoms with Crippen LogP contribution in [0.3, 0.4) is 0 Å². The van der Waals surface area contributed by atoms with Gasteiger partial charge in [0, 0.05) is 19.2 Å². The molecule has 0 bridgehead atoms. The van der Waals surface area contributed by atoms with Gasteiger partial charge in [0.15, 0.2) is 0 Å². The number of nitrogens with zero attached hydrogens (tertiary/aromatic N) is 2. The molecule has 4 nitrogen and oxygen atoms in total. The molecule has 0 saturated carbocycles. The van der Waals surface area contributed by atoms with Gasteiger partial charge in [-0.3, -0.25) is 0 Å². The van der Waals surface area contributed by atoms with Crippen molar-refractivity contribution in [3.63, 3.8) is 0 Å². The van der Waals surface area contributed by atoms with Crippen molar-refractivity contribution in [3.05, 3.63) is 0 Å². The van der Waals surface area contributed by atoms with Crippen LogP contribution in [0.1, 0.15) is 19.8 Å². The van der Waals surface area contributed by atoms with Gasteiger partial charge in [0.2, 0.25) is 0 Å². The maximum absolute atomic E-state index is 8.14. The minimum Gasteiger partial charge on any atom is -0.396 e. The first-order valence-electron chi connectivity index (χ1n) is 5.57. The number of aliphatic hydroxyl groups excluding tert-OH is 1. The van der Waals surface area contributed by atoms with Crippen LogP contribution in [0, 0.1) is 0 Å². The van der Waals surface area contributed by atoms with Crippen LogP contribution in [0.5, 0.6) is 0 Å². The van der Waals surface area contributed by atoms with E-state index in [4.69, 9.17) is 10.8 Å². The molecule has 0 aliphatic heterocycles. The number of rotatable bonds is 6. The molecule has 15 heavy (non-hydrogen) atoms. The lowest BCUT2D eigenvalue weighted by Gasteiger charge is -2.22. The van der Waals surface area contributed by atoms with E-state index in [2.05, 4.69) is 44.9 Å². The van der Waals surface area contributed by atoms with E-state index in [0.29, 0.717) is 12.6 Å². The summed E-state index contributed by atoms with van der Waals surface area (Å²) in [5, 5.41) is 8.14. The van der Waals surface area contributed by atoms with Crippen LogP contribution in [0.4, 0.5) is 0 Å². The zero-order chi connectivity index (χ0) is 12.3. The minimum atomic E-state index is 0.275. The number of likely N-dealkylation sites (N-methyl/N-ethyl adjacent to an activating group) is 2.